The minimum absolute atomic E-state index is 0.0858. The molecule has 5 rings (SSSR count). The summed E-state index contributed by atoms with van der Waals surface area (Å²) in [5.74, 6) is -0.502. The number of halogens is 1. The summed E-state index contributed by atoms with van der Waals surface area (Å²) in [6.07, 6.45) is 1.40. The smallest absolute Gasteiger partial charge is 0.343 e. The van der Waals surface area contributed by atoms with Crippen LogP contribution < -0.4 is 24.6 Å². The van der Waals surface area contributed by atoms with Crippen LogP contribution in [0.1, 0.15) is 15.9 Å². The van der Waals surface area contributed by atoms with E-state index in [0.29, 0.717) is 27.2 Å². The molecule has 33 heavy (non-hydrogen) atoms. The minimum Gasteiger partial charge on any atom is -0.454 e. The Morgan fingerprint density at radius 1 is 1.00 bits per heavy atom. The van der Waals surface area contributed by atoms with E-state index in [-0.39, 0.29) is 23.7 Å². The lowest BCUT2D eigenvalue weighted by Crippen LogP contribution is -2.35. The van der Waals surface area contributed by atoms with Crippen molar-refractivity contribution in [2.45, 2.75) is 0 Å². The monoisotopic (exact) mass is 506 g/mol. The fourth-order valence-corrected chi connectivity index (χ4v) is 3.76. The highest BCUT2D eigenvalue weighted by Gasteiger charge is 2.34. The van der Waals surface area contributed by atoms with Gasteiger partial charge in [-0.25, -0.2) is 9.80 Å². The van der Waals surface area contributed by atoms with Crippen molar-refractivity contribution in [1.29, 1.82) is 0 Å². The predicted octanol–water partition coefficient (Wildman–Crippen LogP) is 3.86. The Bertz CT molecular complexity index is 1320. The van der Waals surface area contributed by atoms with Crippen LogP contribution in [-0.4, -0.2) is 24.6 Å². The highest BCUT2D eigenvalue weighted by atomic mass is 79.9. The number of hydrogen-bond donors (Lipinski definition) is 1. The molecule has 2 aliphatic heterocycles. The number of hydrogen-bond acceptors (Lipinski definition) is 6. The number of fused-ring (bicyclic) bond motifs is 1. The van der Waals surface area contributed by atoms with E-state index in [1.54, 1.807) is 54.6 Å². The van der Waals surface area contributed by atoms with Crippen molar-refractivity contribution < 1.29 is 28.6 Å². The summed E-state index contributed by atoms with van der Waals surface area (Å²) in [6, 6.07) is 18.4. The summed E-state index contributed by atoms with van der Waals surface area (Å²) in [4.78, 5) is 38.2. The van der Waals surface area contributed by atoms with Crippen molar-refractivity contribution in [1.82, 2.24) is 5.43 Å². The van der Waals surface area contributed by atoms with Gasteiger partial charge >= 0.3 is 5.97 Å². The summed E-state index contributed by atoms with van der Waals surface area (Å²) in [7, 11) is 0. The first-order valence-corrected chi connectivity index (χ1v) is 10.6. The second kappa shape index (κ2) is 8.44. The van der Waals surface area contributed by atoms with Gasteiger partial charge in [0.2, 0.25) is 6.79 Å². The molecule has 0 aliphatic carbocycles. The van der Waals surface area contributed by atoms with E-state index in [4.69, 9.17) is 14.2 Å². The van der Waals surface area contributed by atoms with Crippen molar-refractivity contribution in [2.24, 2.45) is 0 Å². The topological polar surface area (TPSA) is 94.2 Å². The molecular formula is C24H15BrN2O6. The molecule has 0 spiro atoms. The number of carbonyl (C=O) groups excluding carboxylic acids is 3. The number of anilines is 1. The maximum absolute atomic E-state index is 12.9. The molecule has 0 aromatic heterocycles. The van der Waals surface area contributed by atoms with Gasteiger partial charge in [0.05, 0.1) is 11.3 Å². The number of hydrazine groups is 1. The van der Waals surface area contributed by atoms with Crippen LogP contribution in [0.15, 0.2) is 76.8 Å². The van der Waals surface area contributed by atoms with E-state index in [1.165, 1.54) is 17.2 Å². The molecule has 3 aromatic rings. The molecule has 0 radical (unpaired) electrons. The summed E-state index contributed by atoms with van der Waals surface area (Å²) < 4.78 is 16.8. The molecule has 0 atom stereocenters. The lowest BCUT2D eigenvalue weighted by molar-refractivity contribution is -0.117. The van der Waals surface area contributed by atoms with Gasteiger partial charge in [0.1, 0.15) is 11.3 Å². The van der Waals surface area contributed by atoms with Crippen LogP contribution in [0.2, 0.25) is 0 Å². The van der Waals surface area contributed by atoms with Crippen LogP contribution in [-0.2, 0) is 9.59 Å². The van der Waals surface area contributed by atoms with E-state index < -0.39 is 17.8 Å². The molecule has 2 amide bonds. The zero-order valence-corrected chi connectivity index (χ0v) is 18.5. The van der Waals surface area contributed by atoms with E-state index in [2.05, 4.69) is 21.4 Å². The number of nitrogens with one attached hydrogen (secondary N) is 1. The number of benzene rings is 3. The van der Waals surface area contributed by atoms with Crippen molar-refractivity contribution in [3.63, 3.8) is 0 Å². The molecule has 0 unspecified atom stereocenters. The van der Waals surface area contributed by atoms with Gasteiger partial charge in [-0.15, -0.1) is 0 Å². The predicted molar refractivity (Wildman–Crippen MR) is 122 cm³/mol. The first-order chi connectivity index (χ1) is 16.0. The Morgan fingerprint density at radius 2 is 1.79 bits per heavy atom. The molecule has 1 N–H and O–H groups in total. The number of carbonyl (C=O) groups is 3. The first kappa shape index (κ1) is 20.8. The lowest BCUT2D eigenvalue weighted by atomic mass is 10.1. The number of ether oxygens (including phenoxy) is 3. The second-order valence-corrected chi connectivity index (χ2v) is 8.03. The summed E-state index contributed by atoms with van der Waals surface area (Å²) in [5, 5.41) is 1.17. The summed E-state index contributed by atoms with van der Waals surface area (Å²) in [5.41, 5.74) is 3.64. The Kier molecular flexibility index (Phi) is 5.31. The molecule has 9 heteroatoms. The van der Waals surface area contributed by atoms with E-state index in [9.17, 15) is 14.4 Å². The fraction of sp³-hybridized carbons (Fsp3) is 0.0417. The summed E-state index contributed by atoms with van der Waals surface area (Å²) in [6.45, 7) is 0.0916. The Morgan fingerprint density at radius 3 is 2.61 bits per heavy atom. The molecule has 8 nitrogen and oxygen atoms in total. The lowest BCUT2D eigenvalue weighted by Gasteiger charge is -2.14. The average Bonchev–Trinajstić information content (AvgIpc) is 3.40. The van der Waals surface area contributed by atoms with E-state index in [1.807, 2.05) is 6.07 Å². The molecule has 2 heterocycles. The van der Waals surface area contributed by atoms with Crippen LogP contribution >= 0.6 is 15.9 Å². The number of amides is 2. The number of para-hydroxylation sites is 1. The van der Waals surface area contributed by atoms with Gasteiger partial charge in [0.25, 0.3) is 11.8 Å². The van der Waals surface area contributed by atoms with Gasteiger partial charge in [-0.05, 0) is 54.6 Å². The van der Waals surface area contributed by atoms with Gasteiger partial charge in [-0.3, -0.25) is 15.0 Å². The molecule has 0 bridgehead atoms. The zero-order valence-electron chi connectivity index (χ0n) is 16.9. The van der Waals surface area contributed by atoms with Crippen molar-refractivity contribution in [2.75, 3.05) is 11.8 Å². The minimum atomic E-state index is -0.622. The van der Waals surface area contributed by atoms with Crippen LogP contribution in [0.3, 0.4) is 0 Å². The van der Waals surface area contributed by atoms with Gasteiger partial charge < -0.3 is 14.2 Å². The molecule has 164 valence electrons. The third-order valence-corrected chi connectivity index (χ3v) is 5.48. The number of esters is 1. The Balaban J connectivity index is 1.44. The number of nitrogens with zero attached hydrogens (tertiary/aromatic N) is 1. The van der Waals surface area contributed by atoms with Crippen LogP contribution in [0.4, 0.5) is 5.69 Å². The molecule has 1 fully saturated rings. The highest BCUT2D eigenvalue weighted by molar-refractivity contribution is 9.10. The first-order valence-electron chi connectivity index (χ1n) is 9.83. The van der Waals surface area contributed by atoms with Crippen LogP contribution in [0.25, 0.3) is 6.08 Å². The Hall–Kier alpha value is -4.11. The van der Waals surface area contributed by atoms with Gasteiger partial charge in [0.15, 0.2) is 11.5 Å². The molecular weight excluding hydrogens is 492 g/mol. The Labute approximate surface area is 196 Å². The van der Waals surface area contributed by atoms with Crippen molar-refractivity contribution >= 4 is 45.5 Å². The van der Waals surface area contributed by atoms with Gasteiger partial charge in [-0.1, -0.05) is 34.1 Å². The maximum atomic E-state index is 12.9. The van der Waals surface area contributed by atoms with Crippen molar-refractivity contribution in [3.8, 4) is 17.2 Å². The number of rotatable bonds is 4. The average molecular weight is 507 g/mol. The normalized spacial score (nSPS) is 15.7. The molecule has 3 aromatic carbocycles. The van der Waals surface area contributed by atoms with Crippen LogP contribution in [0.5, 0.6) is 17.2 Å². The third-order valence-electron chi connectivity index (χ3n) is 4.99. The highest BCUT2D eigenvalue weighted by Crippen LogP contribution is 2.33. The largest absolute Gasteiger partial charge is 0.454 e. The molecule has 1 saturated heterocycles. The van der Waals surface area contributed by atoms with E-state index >= 15 is 0 Å². The fourth-order valence-electron chi connectivity index (χ4n) is 3.38. The van der Waals surface area contributed by atoms with Gasteiger partial charge in [0, 0.05) is 10.0 Å². The SMILES string of the molecule is O=C1NN(c2ccccc2)C(=O)/C1=C/c1cc(Br)ccc1OC(=O)c1ccc2c(c1)OCO2. The molecule has 0 saturated carbocycles. The maximum Gasteiger partial charge on any atom is 0.343 e. The van der Waals surface area contributed by atoms with Crippen molar-refractivity contribution in [3.05, 3.63) is 87.9 Å². The van der Waals surface area contributed by atoms with Gasteiger partial charge in [-0.2, -0.15) is 0 Å². The standard InChI is InChI=1S/C24H15BrN2O6/c25-16-7-9-19(33-24(30)14-6-8-20-21(12-14)32-13-31-20)15(10-16)11-18-22(28)26-27(23(18)29)17-4-2-1-3-5-17/h1-12H,13H2,(H,26,28)/b18-11+. The zero-order chi connectivity index (χ0) is 22.9. The summed E-state index contributed by atoms with van der Waals surface area (Å²) >= 11 is 3.37. The third kappa shape index (κ3) is 4.06. The molecule has 2 aliphatic rings. The second-order valence-electron chi connectivity index (χ2n) is 7.11. The van der Waals surface area contributed by atoms with E-state index in [0.717, 1.165) is 0 Å². The quantitative estimate of drug-likeness (QED) is 0.250. The van der Waals surface area contributed by atoms with Crippen LogP contribution in [0, 0.1) is 0 Å².